The minimum absolute atomic E-state index is 0.0526. The first-order valence-electron chi connectivity index (χ1n) is 10.5. The van der Waals surface area contributed by atoms with Gasteiger partial charge in [0, 0.05) is 25.7 Å². The van der Waals surface area contributed by atoms with E-state index in [0.717, 1.165) is 18.4 Å². The van der Waals surface area contributed by atoms with Crippen LogP contribution in [-0.2, 0) is 9.59 Å². The highest BCUT2D eigenvalue weighted by molar-refractivity contribution is 5.87. The van der Waals surface area contributed by atoms with Gasteiger partial charge in [-0.1, -0.05) is 12.1 Å². The number of likely N-dealkylation sites (tertiary alicyclic amines) is 3. The maximum Gasteiger partial charge on any atom is 0.241 e. The zero-order valence-electron chi connectivity index (χ0n) is 17.1. The van der Waals surface area contributed by atoms with Crippen molar-refractivity contribution in [3.8, 4) is 12.1 Å². The highest BCUT2D eigenvalue weighted by Gasteiger charge is 2.51. The van der Waals surface area contributed by atoms with E-state index in [0.29, 0.717) is 31.6 Å². The fourth-order valence-electron chi connectivity index (χ4n) is 5.14. The molecule has 0 radical (unpaired) electrons. The fourth-order valence-corrected chi connectivity index (χ4v) is 5.14. The van der Waals surface area contributed by atoms with Crippen molar-refractivity contribution in [1.82, 2.24) is 14.7 Å². The topological polar surface area (TPSA) is 117 Å². The molecule has 30 heavy (non-hydrogen) atoms. The number of nitrogens with zero attached hydrogens (tertiary/aromatic N) is 5. The molecular formula is C22H26N6O2. The Morgan fingerprint density at radius 2 is 2.17 bits per heavy atom. The predicted octanol–water partition coefficient (Wildman–Crippen LogP) is 0.746. The summed E-state index contributed by atoms with van der Waals surface area (Å²) in [5.41, 5.74) is 7.72. The first-order chi connectivity index (χ1) is 14.4. The maximum atomic E-state index is 13.1. The molecule has 8 nitrogen and oxygen atoms in total. The Balaban J connectivity index is 1.40. The Hall–Kier alpha value is -2.94. The molecule has 8 heteroatoms. The Kier molecular flexibility index (Phi) is 5.46. The summed E-state index contributed by atoms with van der Waals surface area (Å²) in [4.78, 5) is 31.3. The predicted molar refractivity (Wildman–Crippen MR) is 109 cm³/mol. The molecule has 2 N–H and O–H groups in total. The molecule has 1 aromatic carbocycles. The zero-order valence-corrected chi connectivity index (χ0v) is 17.1. The highest BCUT2D eigenvalue weighted by Crippen LogP contribution is 2.38. The summed E-state index contributed by atoms with van der Waals surface area (Å²) in [6, 6.07) is 10.3. The number of amides is 2. The van der Waals surface area contributed by atoms with Gasteiger partial charge in [0.05, 0.1) is 35.8 Å². The van der Waals surface area contributed by atoms with E-state index in [1.165, 1.54) is 0 Å². The summed E-state index contributed by atoms with van der Waals surface area (Å²) in [7, 11) is 0. The molecular weight excluding hydrogens is 380 g/mol. The Bertz CT molecular complexity index is 934. The van der Waals surface area contributed by atoms with Crippen molar-refractivity contribution < 1.29 is 9.59 Å². The number of hydrogen-bond donors (Lipinski definition) is 1. The lowest BCUT2D eigenvalue weighted by Gasteiger charge is -2.38. The fraction of sp³-hybridized carbons (Fsp3) is 0.545. The van der Waals surface area contributed by atoms with Crippen LogP contribution in [0.25, 0.3) is 0 Å². The summed E-state index contributed by atoms with van der Waals surface area (Å²) in [6.45, 7) is 3.57. The number of fused-ring (bicyclic) bond motifs is 2. The summed E-state index contributed by atoms with van der Waals surface area (Å²) in [6.07, 6.45) is 2.25. The third-order valence-corrected chi connectivity index (χ3v) is 6.66. The van der Waals surface area contributed by atoms with Gasteiger partial charge in [0.25, 0.3) is 0 Å². The number of carbonyl (C=O) groups excluding carboxylic acids is 2. The lowest BCUT2D eigenvalue weighted by atomic mass is 10.0. The van der Waals surface area contributed by atoms with Crippen LogP contribution in [0.2, 0.25) is 0 Å². The number of carbonyl (C=O) groups is 2. The molecule has 2 amide bonds. The van der Waals surface area contributed by atoms with Gasteiger partial charge in [-0.3, -0.25) is 14.5 Å². The van der Waals surface area contributed by atoms with Gasteiger partial charge < -0.3 is 15.5 Å². The number of rotatable bonds is 5. The van der Waals surface area contributed by atoms with Gasteiger partial charge in [-0.2, -0.15) is 10.5 Å². The van der Waals surface area contributed by atoms with Gasteiger partial charge in [0.2, 0.25) is 11.8 Å². The minimum atomic E-state index is -0.732. The highest BCUT2D eigenvalue weighted by atomic mass is 16.2. The summed E-state index contributed by atoms with van der Waals surface area (Å²) in [5, 5.41) is 18.4. The minimum Gasteiger partial charge on any atom is -0.330 e. The Morgan fingerprint density at radius 1 is 1.37 bits per heavy atom. The molecule has 0 saturated carbocycles. The molecule has 0 aliphatic carbocycles. The molecule has 3 aliphatic rings. The van der Waals surface area contributed by atoms with E-state index < -0.39 is 6.04 Å². The average molecular weight is 406 g/mol. The van der Waals surface area contributed by atoms with Gasteiger partial charge in [0.15, 0.2) is 0 Å². The molecule has 0 aromatic heterocycles. The van der Waals surface area contributed by atoms with E-state index in [2.05, 4.69) is 12.1 Å². The van der Waals surface area contributed by atoms with Crippen LogP contribution >= 0.6 is 0 Å². The lowest BCUT2D eigenvalue weighted by molar-refractivity contribution is -0.140. The zero-order chi connectivity index (χ0) is 21.4. The van der Waals surface area contributed by atoms with E-state index in [4.69, 9.17) is 11.0 Å². The van der Waals surface area contributed by atoms with Gasteiger partial charge in [0.1, 0.15) is 6.04 Å². The normalized spacial score (nSPS) is 27.7. The standard InChI is InChI=1S/C22H26N6O2/c1-14(16-5-2-4-15(8-16)10-23)28-18-9-20(22(28)30)26(12-18)13-19(25)21(29)27-7-3-6-17(27)11-24/h2,4-5,8,14,17-20H,3,6-7,9,12-13,25H2,1H3/t14-,17+,18+,19+,20+/m1/s1. The smallest absolute Gasteiger partial charge is 0.241 e. The third kappa shape index (κ3) is 3.43. The second-order valence-electron chi connectivity index (χ2n) is 8.44. The maximum absolute atomic E-state index is 13.1. The number of hydrogen-bond acceptors (Lipinski definition) is 6. The van der Waals surface area contributed by atoms with Crippen molar-refractivity contribution in [3.05, 3.63) is 35.4 Å². The quantitative estimate of drug-likeness (QED) is 0.771. The van der Waals surface area contributed by atoms with E-state index in [9.17, 15) is 14.9 Å². The third-order valence-electron chi connectivity index (χ3n) is 6.66. The van der Waals surface area contributed by atoms with E-state index in [-0.39, 0.29) is 36.0 Å². The summed E-state index contributed by atoms with van der Waals surface area (Å²) in [5.74, 6) is -0.148. The first-order valence-corrected chi connectivity index (χ1v) is 10.5. The Morgan fingerprint density at radius 3 is 2.87 bits per heavy atom. The molecule has 1 aromatic rings. The van der Waals surface area contributed by atoms with Crippen molar-refractivity contribution in [2.75, 3.05) is 19.6 Å². The van der Waals surface area contributed by atoms with Crippen LogP contribution in [0, 0.1) is 22.7 Å². The van der Waals surface area contributed by atoms with Crippen molar-refractivity contribution in [1.29, 1.82) is 10.5 Å². The van der Waals surface area contributed by atoms with Crippen LogP contribution < -0.4 is 5.73 Å². The average Bonchev–Trinajstić information content (AvgIpc) is 3.47. The van der Waals surface area contributed by atoms with Crippen LogP contribution in [-0.4, -0.2) is 70.3 Å². The van der Waals surface area contributed by atoms with Crippen molar-refractivity contribution in [2.45, 2.75) is 56.4 Å². The van der Waals surface area contributed by atoms with Crippen LogP contribution in [0.15, 0.2) is 24.3 Å². The van der Waals surface area contributed by atoms with Crippen LogP contribution in [0.3, 0.4) is 0 Å². The van der Waals surface area contributed by atoms with E-state index >= 15 is 0 Å². The second kappa shape index (κ2) is 8.06. The van der Waals surface area contributed by atoms with Crippen LogP contribution in [0.5, 0.6) is 0 Å². The number of piperazine rings is 1. The molecule has 156 valence electrons. The van der Waals surface area contributed by atoms with Gasteiger partial charge in [-0.05, 0) is 43.9 Å². The van der Waals surface area contributed by atoms with Crippen molar-refractivity contribution in [3.63, 3.8) is 0 Å². The molecule has 0 spiro atoms. The first kappa shape index (κ1) is 20.3. The molecule has 4 rings (SSSR count). The molecule has 3 aliphatic heterocycles. The summed E-state index contributed by atoms with van der Waals surface area (Å²) < 4.78 is 0. The SMILES string of the molecule is C[C@H](c1cccc(C#N)c1)N1C(=O)[C@@H]2C[C@H]1CN2C[C@H](N)C(=O)N1CCC[C@H]1C#N. The monoisotopic (exact) mass is 406 g/mol. The number of nitriles is 2. The largest absolute Gasteiger partial charge is 0.330 e. The number of benzene rings is 1. The van der Waals surface area contributed by atoms with E-state index in [1.807, 2.05) is 34.9 Å². The lowest BCUT2D eigenvalue weighted by Crippen LogP contribution is -2.56. The van der Waals surface area contributed by atoms with Crippen LogP contribution in [0.1, 0.15) is 43.4 Å². The second-order valence-corrected chi connectivity index (χ2v) is 8.44. The van der Waals surface area contributed by atoms with Crippen molar-refractivity contribution >= 4 is 11.8 Å². The van der Waals surface area contributed by atoms with Gasteiger partial charge in [-0.25, -0.2) is 0 Å². The molecule has 5 atom stereocenters. The molecule has 3 heterocycles. The van der Waals surface area contributed by atoms with Crippen LogP contribution in [0.4, 0.5) is 0 Å². The molecule has 3 saturated heterocycles. The molecule has 3 fully saturated rings. The molecule has 2 bridgehead atoms. The van der Waals surface area contributed by atoms with Gasteiger partial charge in [-0.15, -0.1) is 0 Å². The summed E-state index contributed by atoms with van der Waals surface area (Å²) >= 11 is 0. The van der Waals surface area contributed by atoms with E-state index in [1.54, 1.807) is 11.0 Å². The van der Waals surface area contributed by atoms with Gasteiger partial charge >= 0.3 is 0 Å². The molecule has 0 unspecified atom stereocenters. The number of nitrogens with two attached hydrogens (primary N) is 1. The Labute approximate surface area is 176 Å². The van der Waals surface area contributed by atoms with Crippen molar-refractivity contribution in [2.24, 2.45) is 5.73 Å².